The van der Waals surface area contributed by atoms with Gasteiger partial charge < -0.3 is 4.74 Å². The van der Waals surface area contributed by atoms with Crippen LogP contribution in [0.4, 0.5) is 0 Å². The van der Waals surface area contributed by atoms with Gasteiger partial charge in [0, 0.05) is 12.8 Å². The van der Waals surface area contributed by atoms with Crippen molar-refractivity contribution in [3.8, 4) is 23.2 Å². The highest BCUT2D eigenvalue weighted by atomic mass is 32.2. The summed E-state index contributed by atoms with van der Waals surface area (Å²) in [6.45, 7) is 2.39. The first-order valence-corrected chi connectivity index (χ1v) is 11.0. The molecule has 10 heteroatoms. The van der Waals surface area contributed by atoms with Crippen molar-refractivity contribution < 1.29 is 4.74 Å². The Labute approximate surface area is 188 Å². The number of aromatic nitrogens is 6. The van der Waals surface area contributed by atoms with Crippen molar-refractivity contribution in [2.75, 3.05) is 12.4 Å². The van der Waals surface area contributed by atoms with Crippen molar-refractivity contribution in [1.29, 1.82) is 5.26 Å². The maximum atomic E-state index is 13.2. The molecule has 2 heterocycles. The van der Waals surface area contributed by atoms with E-state index in [4.69, 9.17) is 10.00 Å². The van der Waals surface area contributed by atoms with Crippen LogP contribution >= 0.6 is 11.8 Å². The molecule has 0 amide bonds. The van der Waals surface area contributed by atoms with Gasteiger partial charge in [0.15, 0.2) is 5.69 Å². The van der Waals surface area contributed by atoms with Crippen LogP contribution in [0.1, 0.15) is 17.7 Å². The normalized spacial score (nSPS) is 10.8. The predicted molar refractivity (Wildman–Crippen MR) is 120 cm³/mol. The lowest BCUT2D eigenvalue weighted by atomic mass is 10.2. The highest BCUT2D eigenvalue weighted by Crippen LogP contribution is 2.21. The molecule has 32 heavy (non-hydrogen) atoms. The number of tetrazole rings is 1. The molecule has 0 fully saturated rings. The van der Waals surface area contributed by atoms with E-state index in [-0.39, 0.29) is 5.56 Å². The van der Waals surface area contributed by atoms with Crippen molar-refractivity contribution in [1.82, 2.24) is 29.6 Å². The number of nitrogens with zero attached hydrogens (tertiary/aromatic N) is 7. The highest BCUT2D eigenvalue weighted by Gasteiger charge is 2.21. The first-order chi connectivity index (χ1) is 15.6. The van der Waals surface area contributed by atoms with Crippen LogP contribution in [0.3, 0.4) is 0 Å². The molecule has 9 nitrogen and oxygen atoms in total. The Morgan fingerprint density at radius 3 is 2.59 bits per heavy atom. The Morgan fingerprint density at radius 1 is 1.12 bits per heavy atom. The monoisotopic (exact) mass is 447 g/mol. The lowest BCUT2D eigenvalue weighted by Crippen LogP contribution is -2.22. The van der Waals surface area contributed by atoms with E-state index in [0.717, 1.165) is 29.3 Å². The van der Waals surface area contributed by atoms with Crippen LogP contribution in [0, 0.1) is 18.3 Å². The van der Waals surface area contributed by atoms with Crippen LogP contribution in [-0.2, 0) is 7.05 Å². The van der Waals surface area contributed by atoms with E-state index in [1.807, 2.05) is 44.3 Å². The summed E-state index contributed by atoms with van der Waals surface area (Å²) in [4.78, 5) is 13.2. The van der Waals surface area contributed by atoms with Gasteiger partial charge in [-0.25, -0.2) is 4.68 Å². The molecule has 0 radical (unpaired) electrons. The van der Waals surface area contributed by atoms with Crippen molar-refractivity contribution in [2.45, 2.75) is 18.5 Å². The third kappa shape index (κ3) is 4.29. The standard InChI is InChI=1S/C22H21N7O2S/c1-16-20(21(30)29(27(16)2)18-7-4-3-5-8-18)28-22(24-25-26-28)32-14-6-13-31-19-11-9-17(15-23)10-12-19/h3-5,7-12H,6,13-14H2,1-2H3. The van der Waals surface area contributed by atoms with Gasteiger partial charge in [-0.2, -0.15) is 9.94 Å². The summed E-state index contributed by atoms with van der Waals surface area (Å²) in [5.41, 5.74) is 2.38. The van der Waals surface area contributed by atoms with Crippen molar-refractivity contribution in [3.63, 3.8) is 0 Å². The van der Waals surface area contributed by atoms with Crippen LogP contribution in [-0.4, -0.2) is 41.9 Å². The maximum Gasteiger partial charge on any atom is 0.297 e. The molecule has 0 saturated carbocycles. The number of rotatable bonds is 8. The van der Waals surface area contributed by atoms with Crippen LogP contribution in [0.5, 0.6) is 5.75 Å². The van der Waals surface area contributed by atoms with Gasteiger partial charge in [-0.15, -0.1) is 5.10 Å². The minimum atomic E-state index is -0.186. The Bertz CT molecular complexity index is 1300. The molecule has 2 aromatic carbocycles. The molecule has 0 N–H and O–H groups in total. The Balaban J connectivity index is 1.44. The zero-order valence-corrected chi connectivity index (χ0v) is 18.5. The van der Waals surface area contributed by atoms with Gasteiger partial charge in [0.2, 0.25) is 5.16 Å². The first-order valence-electron chi connectivity index (χ1n) is 9.98. The van der Waals surface area contributed by atoms with E-state index >= 15 is 0 Å². The summed E-state index contributed by atoms with van der Waals surface area (Å²) >= 11 is 1.46. The second-order valence-corrected chi connectivity index (χ2v) is 8.03. The van der Waals surface area contributed by atoms with Gasteiger partial charge in [0.05, 0.1) is 29.6 Å². The third-order valence-electron chi connectivity index (χ3n) is 4.95. The molecule has 0 unspecified atom stereocenters. The van der Waals surface area contributed by atoms with Gasteiger partial charge in [-0.3, -0.25) is 9.48 Å². The van der Waals surface area contributed by atoms with Gasteiger partial charge in [0.1, 0.15) is 5.75 Å². The topological polar surface area (TPSA) is 104 Å². The van der Waals surface area contributed by atoms with Crippen LogP contribution in [0.25, 0.3) is 11.4 Å². The fraction of sp³-hybridized carbons (Fsp3) is 0.227. The Morgan fingerprint density at radius 2 is 1.88 bits per heavy atom. The molecule has 0 bridgehead atoms. The van der Waals surface area contributed by atoms with E-state index in [9.17, 15) is 4.79 Å². The zero-order valence-electron chi connectivity index (χ0n) is 17.7. The lowest BCUT2D eigenvalue weighted by molar-refractivity contribution is 0.318. The SMILES string of the molecule is Cc1c(-n2nnnc2SCCCOc2ccc(C#N)cc2)c(=O)n(-c2ccccc2)n1C. The van der Waals surface area contributed by atoms with Crippen molar-refractivity contribution in [3.05, 3.63) is 76.2 Å². The first kappa shape index (κ1) is 21.4. The summed E-state index contributed by atoms with van der Waals surface area (Å²) in [5, 5.41) is 21.3. The molecule has 4 rings (SSSR count). The minimum absolute atomic E-state index is 0.186. The number of thioether (sulfide) groups is 1. The number of nitriles is 1. The number of hydrogen-bond donors (Lipinski definition) is 0. The summed E-state index contributed by atoms with van der Waals surface area (Å²) in [6, 6.07) is 18.5. The molecule has 0 saturated heterocycles. The molecule has 4 aromatic rings. The number of para-hydroxylation sites is 1. The van der Waals surface area contributed by atoms with Gasteiger partial charge in [0.25, 0.3) is 5.56 Å². The number of hydrogen-bond acceptors (Lipinski definition) is 7. The van der Waals surface area contributed by atoms with Crippen molar-refractivity contribution >= 4 is 11.8 Å². The fourth-order valence-corrected chi connectivity index (χ4v) is 4.03. The van der Waals surface area contributed by atoms with E-state index in [1.54, 1.807) is 33.6 Å². The fourth-order valence-electron chi connectivity index (χ4n) is 3.25. The number of ether oxygens (including phenoxy) is 1. The summed E-state index contributed by atoms with van der Waals surface area (Å²) in [7, 11) is 1.84. The summed E-state index contributed by atoms with van der Waals surface area (Å²) < 4.78 is 10.6. The Kier molecular flexibility index (Phi) is 6.37. The summed E-state index contributed by atoms with van der Waals surface area (Å²) in [5.74, 6) is 1.44. The molecule has 0 aliphatic carbocycles. The zero-order chi connectivity index (χ0) is 22.5. The average molecular weight is 448 g/mol. The Hall–Kier alpha value is -3.84. The van der Waals surface area contributed by atoms with Crippen molar-refractivity contribution in [2.24, 2.45) is 7.05 Å². The van der Waals surface area contributed by atoms with E-state index in [2.05, 4.69) is 21.6 Å². The second-order valence-electron chi connectivity index (χ2n) is 6.97. The van der Waals surface area contributed by atoms with Crippen LogP contribution in [0.15, 0.2) is 64.5 Å². The second kappa shape index (κ2) is 9.53. The lowest BCUT2D eigenvalue weighted by Gasteiger charge is -2.07. The molecular weight excluding hydrogens is 426 g/mol. The van der Waals surface area contributed by atoms with Gasteiger partial charge >= 0.3 is 0 Å². The van der Waals surface area contributed by atoms with Crippen LogP contribution in [0.2, 0.25) is 0 Å². The van der Waals surface area contributed by atoms with Crippen LogP contribution < -0.4 is 10.3 Å². The predicted octanol–water partition coefficient (Wildman–Crippen LogP) is 2.89. The molecule has 162 valence electrons. The highest BCUT2D eigenvalue weighted by molar-refractivity contribution is 7.99. The quantitative estimate of drug-likeness (QED) is 0.302. The molecule has 0 aliphatic heterocycles. The van der Waals surface area contributed by atoms with E-state index in [0.29, 0.717) is 23.0 Å². The molecule has 0 aliphatic rings. The molecular formula is C22H21N7O2S. The molecule has 0 atom stereocenters. The smallest absolute Gasteiger partial charge is 0.297 e. The molecule has 2 aromatic heterocycles. The third-order valence-corrected chi connectivity index (χ3v) is 5.95. The summed E-state index contributed by atoms with van der Waals surface area (Å²) in [6.07, 6.45) is 0.763. The number of benzene rings is 2. The maximum absolute atomic E-state index is 13.2. The van der Waals surface area contributed by atoms with Gasteiger partial charge in [-0.1, -0.05) is 30.0 Å². The van der Waals surface area contributed by atoms with E-state index < -0.39 is 0 Å². The molecule has 0 spiro atoms. The average Bonchev–Trinajstić information content (AvgIpc) is 3.36. The minimum Gasteiger partial charge on any atom is -0.494 e. The van der Waals surface area contributed by atoms with Gasteiger partial charge in [-0.05, 0) is 60.2 Å². The largest absolute Gasteiger partial charge is 0.494 e. The van der Waals surface area contributed by atoms with E-state index in [1.165, 1.54) is 16.4 Å².